The van der Waals surface area contributed by atoms with E-state index in [9.17, 15) is 13.2 Å². The molecule has 1 atom stereocenters. The third-order valence-corrected chi connectivity index (χ3v) is 5.11. The molecule has 1 aromatic carbocycles. The number of hydrogen-bond acceptors (Lipinski definition) is 5. The smallest absolute Gasteiger partial charge is 0.235 e. The Morgan fingerprint density at radius 2 is 1.75 bits per heavy atom. The zero-order chi connectivity index (χ0) is 17.6. The van der Waals surface area contributed by atoms with Gasteiger partial charge >= 0.3 is 0 Å². The summed E-state index contributed by atoms with van der Waals surface area (Å²) in [6.07, 6.45) is 5.06. The molecule has 1 unspecified atom stereocenters. The number of sulfone groups is 1. The number of ether oxygens (including phenoxy) is 1. The van der Waals surface area contributed by atoms with Crippen LogP contribution < -0.4 is 10.5 Å². The highest BCUT2D eigenvalue weighted by Gasteiger charge is 2.26. The van der Waals surface area contributed by atoms with Crippen LogP contribution in [0.5, 0.6) is 5.75 Å². The summed E-state index contributed by atoms with van der Waals surface area (Å²) in [5.74, 6) is -0.0973. The maximum absolute atomic E-state index is 11.5. The summed E-state index contributed by atoms with van der Waals surface area (Å²) < 4.78 is 28.8. The number of nitrogens with two attached hydrogens (primary N) is 1. The van der Waals surface area contributed by atoms with E-state index in [0.29, 0.717) is 18.8 Å². The first-order valence-electron chi connectivity index (χ1n) is 7.45. The van der Waals surface area contributed by atoms with Crippen molar-refractivity contribution in [1.29, 1.82) is 0 Å². The van der Waals surface area contributed by atoms with Gasteiger partial charge in [0.05, 0.1) is 0 Å². The van der Waals surface area contributed by atoms with Crippen molar-refractivity contribution in [3.05, 3.63) is 59.9 Å². The third-order valence-electron chi connectivity index (χ3n) is 3.61. The minimum absolute atomic E-state index is 0.172. The maximum Gasteiger partial charge on any atom is 0.235 e. The van der Waals surface area contributed by atoms with Crippen molar-refractivity contribution in [3.63, 3.8) is 0 Å². The zero-order valence-corrected chi connectivity index (χ0v) is 14.2. The number of carbonyl (C=O) groups excluding carboxylic acids is 1. The summed E-state index contributed by atoms with van der Waals surface area (Å²) in [5, 5.41) is -1.15. The van der Waals surface area contributed by atoms with Crippen LogP contribution in [0.3, 0.4) is 0 Å². The Hall–Kier alpha value is -2.41. The SMILES string of the molecule is CS(=O)(=O)C(CCc1ccc(OCc2ccncc2)cc1)C(N)=O. The van der Waals surface area contributed by atoms with E-state index in [2.05, 4.69) is 4.98 Å². The van der Waals surface area contributed by atoms with Gasteiger partial charge in [0.1, 0.15) is 17.6 Å². The molecule has 1 amide bonds. The quantitative estimate of drug-likeness (QED) is 0.779. The van der Waals surface area contributed by atoms with Gasteiger partial charge in [-0.05, 0) is 48.2 Å². The van der Waals surface area contributed by atoms with Crippen LogP contribution in [0, 0.1) is 0 Å². The molecule has 0 aliphatic heterocycles. The molecule has 0 spiro atoms. The van der Waals surface area contributed by atoms with E-state index >= 15 is 0 Å². The van der Waals surface area contributed by atoms with Crippen molar-refractivity contribution in [1.82, 2.24) is 4.98 Å². The van der Waals surface area contributed by atoms with Crippen LogP contribution in [0.15, 0.2) is 48.8 Å². The van der Waals surface area contributed by atoms with Crippen LogP contribution in [0.1, 0.15) is 17.5 Å². The first-order chi connectivity index (χ1) is 11.4. The Balaban J connectivity index is 1.91. The molecule has 2 N–H and O–H groups in total. The van der Waals surface area contributed by atoms with Gasteiger partial charge in [0.15, 0.2) is 9.84 Å². The number of rotatable bonds is 8. The minimum atomic E-state index is -3.49. The number of hydrogen-bond donors (Lipinski definition) is 1. The number of primary amides is 1. The van der Waals surface area contributed by atoms with Crippen LogP contribution in [-0.2, 0) is 27.7 Å². The standard InChI is InChI=1S/C17H20N2O4S/c1-24(21,22)16(17(18)20)7-4-13-2-5-15(6-3-13)23-12-14-8-10-19-11-9-14/h2-3,5-6,8-11,16H,4,7,12H2,1H3,(H2,18,20). The van der Waals surface area contributed by atoms with Crippen LogP contribution in [0.4, 0.5) is 0 Å². The molecule has 0 radical (unpaired) electrons. The summed E-state index contributed by atoms with van der Waals surface area (Å²) >= 11 is 0. The van der Waals surface area contributed by atoms with E-state index in [0.717, 1.165) is 17.4 Å². The Morgan fingerprint density at radius 1 is 1.12 bits per heavy atom. The first-order valence-corrected chi connectivity index (χ1v) is 9.40. The van der Waals surface area contributed by atoms with Gasteiger partial charge in [0.2, 0.25) is 5.91 Å². The van der Waals surface area contributed by atoms with Gasteiger partial charge in [0.25, 0.3) is 0 Å². The normalized spacial score (nSPS) is 12.5. The highest BCUT2D eigenvalue weighted by molar-refractivity contribution is 7.92. The monoisotopic (exact) mass is 348 g/mol. The highest BCUT2D eigenvalue weighted by atomic mass is 32.2. The topological polar surface area (TPSA) is 99.3 Å². The number of aromatic nitrogens is 1. The van der Waals surface area contributed by atoms with E-state index in [4.69, 9.17) is 10.5 Å². The molecular formula is C17H20N2O4S. The highest BCUT2D eigenvalue weighted by Crippen LogP contribution is 2.16. The van der Waals surface area contributed by atoms with Gasteiger partial charge in [-0.2, -0.15) is 0 Å². The van der Waals surface area contributed by atoms with Crippen molar-refractivity contribution >= 4 is 15.7 Å². The number of pyridine rings is 1. The Bertz CT molecular complexity index is 774. The molecule has 0 bridgehead atoms. The van der Waals surface area contributed by atoms with Crippen molar-refractivity contribution in [3.8, 4) is 5.75 Å². The number of amides is 1. The Kier molecular flexibility index (Phi) is 5.92. The Morgan fingerprint density at radius 3 is 2.29 bits per heavy atom. The molecule has 24 heavy (non-hydrogen) atoms. The number of benzene rings is 1. The average Bonchev–Trinajstić information content (AvgIpc) is 2.53. The summed E-state index contributed by atoms with van der Waals surface area (Å²) in [6.45, 7) is 0.444. The van der Waals surface area contributed by atoms with Crippen LogP contribution in [0.2, 0.25) is 0 Å². The molecule has 7 heteroatoms. The molecule has 1 aromatic heterocycles. The molecule has 128 valence electrons. The number of aryl methyl sites for hydroxylation is 1. The van der Waals surface area contributed by atoms with Crippen molar-refractivity contribution in [2.24, 2.45) is 5.73 Å². The lowest BCUT2D eigenvalue weighted by Gasteiger charge is -2.11. The lowest BCUT2D eigenvalue weighted by Crippen LogP contribution is -2.35. The molecule has 0 aliphatic rings. The summed E-state index contributed by atoms with van der Waals surface area (Å²) in [7, 11) is -3.49. The lowest BCUT2D eigenvalue weighted by molar-refractivity contribution is -0.117. The molecule has 6 nitrogen and oxygen atoms in total. The van der Waals surface area contributed by atoms with E-state index < -0.39 is 21.0 Å². The van der Waals surface area contributed by atoms with Gasteiger partial charge in [-0.25, -0.2) is 8.42 Å². The maximum atomic E-state index is 11.5. The fourth-order valence-electron chi connectivity index (χ4n) is 2.26. The predicted molar refractivity (Wildman–Crippen MR) is 91.2 cm³/mol. The molecule has 2 aromatic rings. The molecular weight excluding hydrogens is 328 g/mol. The minimum Gasteiger partial charge on any atom is -0.489 e. The van der Waals surface area contributed by atoms with Crippen molar-refractivity contribution in [2.75, 3.05) is 6.26 Å². The Labute approximate surface area is 141 Å². The van der Waals surface area contributed by atoms with Crippen molar-refractivity contribution < 1.29 is 17.9 Å². The van der Waals surface area contributed by atoms with E-state index in [1.54, 1.807) is 12.4 Å². The number of carbonyl (C=O) groups is 1. The molecule has 0 fully saturated rings. The van der Waals surface area contributed by atoms with Gasteiger partial charge in [-0.3, -0.25) is 9.78 Å². The first kappa shape index (κ1) is 17.9. The second-order valence-corrected chi connectivity index (χ2v) is 7.78. The van der Waals surface area contributed by atoms with E-state index in [-0.39, 0.29) is 6.42 Å². The zero-order valence-electron chi connectivity index (χ0n) is 13.4. The van der Waals surface area contributed by atoms with Gasteiger partial charge < -0.3 is 10.5 Å². The fraction of sp³-hybridized carbons (Fsp3) is 0.294. The van der Waals surface area contributed by atoms with Crippen LogP contribution in [-0.4, -0.2) is 30.8 Å². The molecule has 0 saturated carbocycles. The second kappa shape index (κ2) is 7.92. The van der Waals surface area contributed by atoms with Crippen molar-refractivity contribution in [2.45, 2.75) is 24.7 Å². The van der Waals surface area contributed by atoms with E-state index in [1.807, 2.05) is 36.4 Å². The summed E-state index contributed by atoms with van der Waals surface area (Å²) in [6, 6.07) is 11.1. The molecule has 1 heterocycles. The second-order valence-electron chi connectivity index (χ2n) is 5.55. The largest absolute Gasteiger partial charge is 0.489 e. The summed E-state index contributed by atoms with van der Waals surface area (Å²) in [5.41, 5.74) is 7.10. The van der Waals surface area contributed by atoms with E-state index in [1.165, 1.54) is 0 Å². The fourth-order valence-corrected chi connectivity index (χ4v) is 3.23. The predicted octanol–water partition coefficient (Wildman–Crippen LogP) is 1.49. The molecule has 2 rings (SSSR count). The van der Waals surface area contributed by atoms with Crippen LogP contribution in [0.25, 0.3) is 0 Å². The van der Waals surface area contributed by atoms with Gasteiger partial charge in [0, 0.05) is 18.6 Å². The molecule has 0 saturated heterocycles. The van der Waals surface area contributed by atoms with Gasteiger partial charge in [-0.15, -0.1) is 0 Å². The third kappa shape index (κ3) is 5.34. The lowest BCUT2D eigenvalue weighted by atomic mass is 10.1. The average molecular weight is 348 g/mol. The summed E-state index contributed by atoms with van der Waals surface area (Å²) in [4.78, 5) is 15.2. The van der Waals surface area contributed by atoms with Gasteiger partial charge in [-0.1, -0.05) is 12.1 Å². The number of nitrogens with zero attached hydrogens (tertiary/aromatic N) is 1. The molecule has 0 aliphatic carbocycles. The van der Waals surface area contributed by atoms with Crippen LogP contribution >= 0.6 is 0 Å².